The van der Waals surface area contributed by atoms with E-state index in [0.717, 1.165) is 11.8 Å². The predicted molar refractivity (Wildman–Crippen MR) is 119 cm³/mol. The Morgan fingerprint density at radius 1 is 0.538 bits per heavy atom. The Morgan fingerprint density at radius 3 is 1.08 bits per heavy atom. The first-order valence-corrected chi connectivity index (χ1v) is 11.2. The van der Waals surface area contributed by atoms with Gasteiger partial charge in [-0.3, -0.25) is 0 Å². The Hall–Kier alpha value is -1.18. The molecule has 1 aromatic rings. The maximum absolute atomic E-state index is 3.75. The highest BCUT2D eigenvalue weighted by Crippen LogP contribution is 2.23. The zero-order valence-electron chi connectivity index (χ0n) is 18.3. The van der Waals surface area contributed by atoms with E-state index in [1.54, 1.807) is 0 Å². The van der Waals surface area contributed by atoms with Gasteiger partial charge < -0.3 is 10.6 Å². The van der Waals surface area contributed by atoms with Gasteiger partial charge in [-0.05, 0) is 61.8 Å². The average Bonchev–Trinajstić information content (AvgIpc) is 2.69. The zero-order chi connectivity index (χ0) is 19.4. The topological polar surface area (TPSA) is 24.1 Å². The summed E-state index contributed by atoms with van der Waals surface area (Å²) < 4.78 is 0. The summed E-state index contributed by atoms with van der Waals surface area (Å²) in [5.41, 5.74) is 2.50. The molecule has 2 unspecified atom stereocenters. The summed E-state index contributed by atoms with van der Waals surface area (Å²) in [5.74, 6) is 1.67. The molecule has 2 nitrogen and oxygen atoms in total. The third-order valence-corrected chi connectivity index (χ3v) is 6.16. The van der Waals surface area contributed by atoms with Gasteiger partial charge in [0.2, 0.25) is 0 Å². The average molecular weight is 361 g/mol. The molecule has 0 heterocycles. The second-order valence-electron chi connectivity index (χ2n) is 7.91. The highest BCUT2D eigenvalue weighted by molar-refractivity contribution is 5.54. The first kappa shape index (κ1) is 22.9. The van der Waals surface area contributed by atoms with Gasteiger partial charge in [0.05, 0.1) is 0 Å². The van der Waals surface area contributed by atoms with E-state index in [9.17, 15) is 0 Å². The molecular formula is C24H44N2. The van der Waals surface area contributed by atoms with Crippen molar-refractivity contribution < 1.29 is 0 Å². The summed E-state index contributed by atoms with van der Waals surface area (Å²) in [6.45, 7) is 13.8. The predicted octanol–water partition coefficient (Wildman–Crippen LogP) is 7.72. The molecule has 2 heteroatoms. The second kappa shape index (κ2) is 13.1. The summed E-state index contributed by atoms with van der Waals surface area (Å²) in [4.78, 5) is 0. The molecule has 1 rings (SSSR count). The number of hydrogen-bond donors (Lipinski definition) is 2. The van der Waals surface area contributed by atoms with E-state index in [4.69, 9.17) is 0 Å². The quantitative estimate of drug-likeness (QED) is 0.355. The Labute approximate surface area is 163 Å². The molecule has 0 aromatic heterocycles. The summed E-state index contributed by atoms with van der Waals surface area (Å²) in [6, 6.07) is 10.1. The third kappa shape index (κ3) is 8.01. The Bertz CT molecular complexity index is 403. The zero-order valence-corrected chi connectivity index (χ0v) is 18.3. The molecule has 0 bridgehead atoms. The van der Waals surface area contributed by atoms with Crippen LogP contribution in [0.15, 0.2) is 24.3 Å². The molecule has 0 aliphatic heterocycles. The van der Waals surface area contributed by atoms with Crippen molar-refractivity contribution in [3.63, 3.8) is 0 Å². The maximum Gasteiger partial charge on any atom is 0.0343 e. The van der Waals surface area contributed by atoms with Crippen LogP contribution < -0.4 is 10.6 Å². The van der Waals surface area contributed by atoms with Crippen molar-refractivity contribution in [2.24, 2.45) is 11.8 Å². The summed E-state index contributed by atoms with van der Waals surface area (Å²) >= 11 is 0. The Morgan fingerprint density at radius 2 is 0.846 bits per heavy atom. The number of anilines is 2. The van der Waals surface area contributed by atoms with Crippen LogP contribution in [0.5, 0.6) is 0 Å². The monoisotopic (exact) mass is 360 g/mol. The minimum absolute atomic E-state index is 0.581. The molecule has 0 spiro atoms. The summed E-state index contributed by atoms with van der Waals surface area (Å²) in [5, 5.41) is 7.49. The van der Waals surface area contributed by atoms with Gasteiger partial charge in [-0.25, -0.2) is 0 Å². The van der Waals surface area contributed by atoms with Crippen LogP contribution in [0.1, 0.15) is 92.9 Å². The van der Waals surface area contributed by atoms with E-state index >= 15 is 0 Å². The fraction of sp³-hybridized carbons (Fsp3) is 0.750. The molecule has 0 saturated heterocycles. The molecule has 0 aliphatic rings. The lowest BCUT2D eigenvalue weighted by molar-refractivity contribution is 0.416. The van der Waals surface area contributed by atoms with E-state index in [1.165, 1.54) is 62.7 Å². The van der Waals surface area contributed by atoms with Gasteiger partial charge in [0, 0.05) is 23.5 Å². The molecule has 2 N–H and O–H groups in total. The third-order valence-electron chi connectivity index (χ3n) is 6.16. The van der Waals surface area contributed by atoms with Crippen LogP contribution in [0.4, 0.5) is 11.4 Å². The van der Waals surface area contributed by atoms with Crippen molar-refractivity contribution in [1.29, 1.82) is 0 Å². The van der Waals surface area contributed by atoms with Gasteiger partial charge in [-0.15, -0.1) is 0 Å². The minimum Gasteiger partial charge on any atom is -0.382 e. The Balaban J connectivity index is 2.60. The van der Waals surface area contributed by atoms with Crippen LogP contribution in [0, 0.1) is 11.8 Å². The fourth-order valence-electron chi connectivity index (χ4n) is 3.84. The molecule has 0 saturated carbocycles. The maximum atomic E-state index is 3.75. The van der Waals surface area contributed by atoms with E-state index in [2.05, 4.69) is 76.4 Å². The lowest BCUT2D eigenvalue weighted by Crippen LogP contribution is -2.23. The minimum atomic E-state index is 0.581. The standard InChI is InChI=1S/C24H44N2/c1-7-19(8-2)17-21(11-5)25-23-13-15-24(16-14-23)26-22(12-6)18-20(9-3)10-4/h13-16,19-22,25-26H,7-12,17-18H2,1-6H3. The van der Waals surface area contributed by atoms with Crippen LogP contribution in [0.3, 0.4) is 0 Å². The highest BCUT2D eigenvalue weighted by atomic mass is 14.9. The number of rotatable bonds is 14. The number of nitrogens with one attached hydrogen (secondary N) is 2. The molecule has 0 aliphatic carbocycles. The van der Waals surface area contributed by atoms with E-state index in [-0.39, 0.29) is 0 Å². The van der Waals surface area contributed by atoms with Gasteiger partial charge in [0.15, 0.2) is 0 Å². The van der Waals surface area contributed by atoms with Gasteiger partial charge in [-0.1, -0.05) is 67.2 Å². The highest BCUT2D eigenvalue weighted by Gasteiger charge is 2.14. The van der Waals surface area contributed by atoms with Gasteiger partial charge in [0.25, 0.3) is 0 Å². The molecule has 0 fully saturated rings. The normalized spacial score (nSPS) is 13.8. The smallest absolute Gasteiger partial charge is 0.0343 e. The van der Waals surface area contributed by atoms with E-state index < -0.39 is 0 Å². The molecular weight excluding hydrogens is 316 g/mol. The van der Waals surface area contributed by atoms with Gasteiger partial charge in [-0.2, -0.15) is 0 Å². The SMILES string of the molecule is CCC(CC)CC(CC)Nc1ccc(NC(CC)CC(CC)CC)cc1. The molecule has 26 heavy (non-hydrogen) atoms. The van der Waals surface area contributed by atoms with Crippen LogP contribution in [0.2, 0.25) is 0 Å². The summed E-state index contributed by atoms with van der Waals surface area (Å²) in [6.07, 6.45) is 10.1. The molecule has 0 radical (unpaired) electrons. The van der Waals surface area contributed by atoms with Crippen LogP contribution in [-0.4, -0.2) is 12.1 Å². The van der Waals surface area contributed by atoms with Crippen molar-refractivity contribution in [2.75, 3.05) is 10.6 Å². The van der Waals surface area contributed by atoms with Crippen molar-refractivity contribution in [3.8, 4) is 0 Å². The first-order chi connectivity index (χ1) is 12.6. The van der Waals surface area contributed by atoms with Crippen molar-refractivity contribution in [3.05, 3.63) is 24.3 Å². The first-order valence-electron chi connectivity index (χ1n) is 11.2. The van der Waals surface area contributed by atoms with Crippen molar-refractivity contribution in [2.45, 2.75) is 105 Å². The summed E-state index contributed by atoms with van der Waals surface area (Å²) in [7, 11) is 0. The number of benzene rings is 1. The van der Waals surface area contributed by atoms with Gasteiger partial charge >= 0.3 is 0 Å². The Kier molecular flexibility index (Phi) is 11.5. The van der Waals surface area contributed by atoms with E-state index in [0.29, 0.717) is 12.1 Å². The number of hydrogen-bond acceptors (Lipinski definition) is 2. The van der Waals surface area contributed by atoms with Crippen molar-refractivity contribution in [1.82, 2.24) is 0 Å². The van der Waals surface area contributed by atoms with Crippen molar-refractivity contribution >= 4 is 11.4 Å². The fourth-order valence-corrected chi connectivity index (χ4v) is 3.84. The largest absolute Gasteiger partial charge is 0.382 e. The van der Waals surface area contributed by atoms with Crippen LogP contribution in [0.25, 0.3) is 0 Å². The molecule has 150 valence electrons. The molecule has 1 aromatic carbocycles. The molecule has 2 atom stereocenters. The van der Waals surface area contributed by atoms with Crippen LogP contribution >= 0.6 is 0 Å². The lowest BCUT2D eigenvalue weighted by Gasteiger charge is -2.24. The van der Waals surface area contributed by atoms with Gasteiger partial charge in [0.1, 0.15) is 0 Å². The molecule has 0 amide bonds. The second-order valence-corrected chi connectivity index (χ2v) is 7.91. The van der Waals surface area contributed by atoms with Crippen LogP contribution in [-0.2, 0) is 0 Å². The van der Waals surface area contributed by atoms with E-state index in [1.807, 2.05) is 0 Å². The lowest BCUT2D eigenvalue weighted by atomic mass is 9.93.